The van der Waals surface area contributed by atoms with Crippen molar-refractivity contribution in [2.45, 2.75) is 24.2 Å². The first kappa shape index (κ1) is 21.5. The van der Waals surface area contributed by atoms with E-state index in [1.807, 2.05) is 24.3 Å². The number of hydrogen-bond donors (Lipinski definition) is 2. The highest BCUT2D eigenvalue weighted by Gasteiger charge is 2.33. The molecule has 1 aliphatic rings. The fraction of sp³-hybridized carbons (Fsp3) is 0.238. The molecule has 3 N–H and O–H groups in total. The van der Waals surface area contributed by atoms with E-state index in [0.29, 0.717) is 29.4 Å². The zero-order valence-electron chi connectivity index (χ0n) is 17.3. The predicted octanol–water partition coefficient (Wildman–Crippen LogP) is 0.993. The van der Waals surface area contributed by atoms with Crippen LogP contribution in [0.1, 0.15) is 21.5 Å². The highest BCUT2D eigenvalue weighted by Crippen LogP contribution is 2.25. The van der Waals surface area contributed by atoms with E-state index in [1.54, 1.807) is 31.3 Å². The van der Waals surface area contributed by atoms with Gasteiger partial charge in [-0.2, -0.15) is 0 Å². The van der Waals surface area contributed by atoms with Crippen LogP contribution < -0.4 is 11.1 Å². The van der Waals surface area contributed by atoms with Crippen molar-refractivity contribution < 1.29 is 14.4 Å². The fourth-order valence-electron chi connectivity index (χ4n) is 3.52. The van der Waals surface area contributed by atoms with Gasteiger partial charge >= 0.3 is 0 Å². The third-order valence-electron chi connectivity index (χ3n) is 5.17. The second-order valence-corrected chi connectivity index (χ2v) is 8.27. The number of thioether (sulfide) groups is 1. The summed E-state index contributed by atoms with van der Waals surface area (Å²) in [5, 5.41) is 14.4. The van der Waals surface area contributed by atoms with Crippen LogP contribution in [-0.4, -0.2) is 54.6 Å². The first-order valence-electron chi connectivity index (χ1n) is 9.84. The average Bonchev–Trinajstić information content (AvgIpc) is 3.21. The third kappa shape index (κ3) is 4.62. The van der Waals surface area contributed by atoms with Crippen LogP contribution in [-0.2, 0) is 29.6 Å². The molecule has 0 bridgehead atoms. The van der Waals surface area contributed by atoms with Crippen molar-refractivity contribution in [2.75, 3.05) is 11.1 Å². The molecule has 0 spiro atoms. The molecule has 0 unspecified atom stereocenters. The van der Waals surface area contributed by atoms with Gasteiger partial charge in [0.05, 0.1) is 5.75 Å². The molecule has 4 rings (SSSR count). The number of tetrazole rings is 1. The molecule has 0 aliphatic carbocycles. The molecular formula is C21H21N7O3S. The van der Waals surface area contributed by atoms with Crippen LogP contribution in [0.15, 0.2) is 53.7 Å². The van der Waals surface area contributed by atoms with Gasteiger partial charge in [-0.25, -0.2) is 4.68 Å². The monoisotopic (exact) mass is 451 g/mol. The summed E-state index contributed by atoms with van der Waals surface area (Å²) >= 11 is 1.22. The minimum absolute atomic E-state index is 0.141. The summed E-state index contributed by atoms with van der Waals surface area (Å²) in [5.74, 6) is -0.903. The smallest absolute Gasteiger partial charge is 0.254 e. The Bertz CT molecular complexity index is 1160. The Balaban J connectivity index is 1.41. The molecule has 0 saturated carbocycles. The molecule has 0 radical (unpaired) electrons. The van der Waals surface area contributed by atoms with Crippen molar-refractivity contribution in [3.8, 4) is 0 Å². The van der Waals surface area contributed by atoms with Gasteiger partial charge < -0.3 is 16.0 Å². The predicted molar refractivity (Wildman–Crippen MR) is 118 cm³/mol. The van der Waals surface area contributed by atoms with Crippen LogP contribution in [0.5, 0.6) is 0 Å². The second kappa shape index (κ2) is 9.18. The Morgan fingerprint density at radius 2 is 1.84 bits per heavy atom. The maximum Gasteiger partial charge on any atom is 0.254 e. The SMILES string of the molecule is Cn1nnnc1SCC(=O)Nc1ccc(C(=O)N2Cc3ccccc3C[C@H]2C(N)=O)cc1. The summed E-state index contributed by atoms with van der Waals surface area (Å²) in [6.45, 7) is 0.315. The van der Waals surface area contributed by atoms with E-state index in [2.05, 4.69) is 20.8 Å². The molecule has 0 fully saturated rings. The molecule has 11 heteroatoms. The Morgan fingerprint density at radius 3 is 2.50 bits per heavy atom. The van der Waals surface area contributed by atoms with Gasteiger partial charge in [-0.15, -0.1) is 5.10 Å². The minimum atomic E-state index is -0.705. The quantitative estimate of drug-likeness (QED) is 0.534. The van der Waals surface area contributed by atoms with E-state index < -0.39 is 11.9 Å². The van der Waals surface area contributed by atoms with Gasteiger partial charge in [0.25, 0.3) is 5.91 Å². The Kier molecular flexibility index (Phi) is 6.17. The number of primary amides is 1. The van der Waals surface area contributed by atoms with E-state index >= 15 is 0 Å². The standard InChI is InChI=1S/C21H21N7O3S/c1-27-21(24-25-26-27)32-12-18(29)23-16-8-6-13(7-9-16)20(31)28-11-15-5-3-2-4-14(15)10-17(28)19(22)30/h2-9,17H,10-12H2,1H3,(H2,22,30)(H,23,29)/t17-/m0/s1. The molecule has 3 amide bonds. The van der Waals surface area contributed by atoms with Crippen LogP contribution in [0.3, 0.4) is 0 Å². The fourth-order valence-corrected chi connectivity index (χ4v) is 4.17. The molecule has 32 heavy (non-hydrogen) atoms. The largest absolute Gasteiger partial charge is 0.368 e. The van der Waals surface area contributed by atoms with Gasteiger partial charge in [0.15, 0.2) is 0 Å². The van der Waals surface area contributed by atoms with Crippen molar-refractivity contribution >= 4 is 35.2 Å². The number of hydrogen-bond acceptors (Lipinski definition) is 7. The lowest BCUT2D eigenvalue weighted by molar-refractivity contribution is -0.123. The number of carbonyl (C=O) groups is 3. The van der Waals surface area contributed by atoms with E-state index in [9.17, 15) is 14.4 Å². The highest BCUT2D eigenvalue weighted by atomic mass is 32.2. The number of aromatic nitrogens is 4. The first-order chi connectivity index (χ1) is 15.4. The summed E-state index contributed by atoms with van der Waals surface area (Å²) in [7, 11) is 1.69. The number of aryl methyl sites for hydroxylation is 1. The zero-order chi connectivity index (χ0) is 22.7. The van der Waals surface area contributed by atoms with Crippen LogP contribution in [0, 0.1) is 0 Å². The number of nitrogens with zero attached hydrogens (tertiary/aromatic N) is 5. The normalized spacial score (nSPS) is 15.2. The maximum atomic E-state index is 13.1. The lowest BCUT2D eigenvalue weighted by Gasteiger charge is -2.35. The zero-order valence-corrected chi connectivity index (χ0v) is 18.1. The molecule has 164 valence electrons. The molecule has 1 aromatic heterocycles. The van der Waals surface area contributed by atoms with E-state index in [4.69, 9.17) is 5.73 Å². The lowest BCUT2D eigenvalue weighted by atomic mass is 9.93. The lowest BCUT2D eigenvalue weighted by Crippen LogP contribution is -2.51. The van der Waals surface area contributed by atoms with E-state index in [1.165, 1.54) is 21.3 Å². The number of nitrogens with two attached hydrogens (primary N) is 1. The molecule has 2 aromatic carbocycles. The van der Waals surface area contributed by atoms with Gasteiger partial charge in [0.1, 0.15) is 6.04 Å². The molecule has 1 aliphatic heterocycles. The van der Waals surface area contributed by atoms with Crippen molar-refractivity contribution in [1.82, 2.24) is 25.1 Å². The maximum absolute atomic E-state index is 13.1. The molecule has 3 aromatic rings. The number of rotatable bonds is 6. The van der Waals surface area contributed by atoms with Gasteiger partial charge in [-0.3, -0.25) is 14.4 Å². The number of amides is 3. The Labute approximate surface area is 188 Å². The second-order valence-electron chi connectivity index (χ2n) is 7.32. The Hall–Kier alpha value is -3.73. The Morgan fingerprint density at radius 1 is 1.12 bits per heavy atom. The topological polar surface area (TPSA) is 136 Å². The van der Waals surface area contributed by atoms with Crippen molar-refractivity contribution in [2.24, 2.45) is 12.8 Å². The van der Waals surface area contributed by atoms with E-state index in [0.717, 1.165) is 11.1 Å². The van der Waals surface area contributed by atoms with Gasteiger partial charge in [-0.05, 0) is 45.8 Å². The summed E-state index contributed by atoms with van der Waals surface area (Å²) in [4.78, 5) is 38.8. The van der Waals surface area contributed by atoms with Crippen LogP contribution in [0.25, 0.3) is 0 Å². The first-order valence-corrected chi connectivity index (χ1v) is 10.8. The minimum Gasteiger partial charge on any atom is -0.368 e. The van der Waals surface area contributed by atoms with Gasteiger partial charge in [-0.1, -0.05) is 36.0 Å². The number of benzene rings is 2. The highest BCUT2D eigenvalue weighted by molar-refractivity contribution is 7.99. The number of anilines is 1. The van der Waals surface area contributed by atoms with Crippen LogP contribution in [0.4, 0.5) is 5.69 Å². The molecule has 0 saturated heterocycles. The molecule has 10 nitrogen and oxygen atoms in total. The number of nitrogens with one attached hydrogen (secondary N) is 1. The molecule has 2 heterocycles. The van der Waals surface area contributed by atoms with E-state index in [-0.39, 0.29) is 17.6 Å². The van der Waals surface area contributed by atoms with Gasteiger partial charge in [0.2, 0.25) is 17.0 Å². The van der Waals surface area contributed by atoms with Crippen LogP contribution in [0.2, 0.25) is 0 Å². The molecule has 1 atom stereocenters. The van der Waals surface area contributed by atoms with Crippen molar-refractivity contribution in [1.29, 1.82) is 0 Å². The number of carbonyl (C=O) groups excluding carboxylic acids is 3. The summed E-state index contributed by atoms with van der Waals surface area (Å²) in [6.07, 6.45) is 0.393. The van der Waals surface area contributed by atoms with Crippen molar-refractivity contribution in [3.63, 3.8) is 0 Å². The number of fused-ring (bicyclic) bond motifs is 1. The summed E-state index contributed by atoms with van der Waals surface area (Å²) < 4.78 is 1.48. The third-order valence-corrected chi connectivity index (χ3v) is 6.18. The average molecular weight is 452 g/mol. The summed E-state index contributed by atoms with van der Waals surface area (Å²) in [6, 6.07) is 13.5. The van der Waals surface area contributed by atoms with Crippen molar-refractivity contribution in [3.05, 3.63) is 65.2 Å². The van der Waals surface area contributed by atoms with Crippen LogP contribution >= 0.6 is 11.8 Å². The van der Waals surface area contributed by atoms with Gasteiger partial charge in [0, 0.05) is 31.3 Å². The summed E-state index contributed by atoms with van der Waals surface area (Å²) in [5.41, 5.74) is 8.57. The molecular weight excluding hydrogens is 430 g/mol.